The van der Waals surface area contributed by atoms with Crippen LogP contribution < -0.4 is 0 Å². The lowest BCUT2D eigenvalue weighted by molar-refractivity contribution is 0.432. The lowest BCUT2D eigenvalue weighted by atomic mass is 10.1. The maximum atomic E-state index is 5.90. The van der Waals surface area contributed by atoms with Crippen molar-refractivity contribution in [1.82, 2.24) is 0 Å². The molecule has 2 aromatic heterocycles. The van der Waals surface area contributed by atoms with Crippen LogP contribution in [0.25, 0.3) is 0 Å². The van der Waals surface area contributed by atoms with Gasteiger partial charge in [-0.15, -0.1) is 0 Å². The quantitative estimate of drug-likeness (QED) is 0.580. The summed E-state index contributed by atoms with van der Waals surface area (Å²) in [6.45, 7) is 0. The molecule has 24 heavy (non-hydrogen) atoms. The molecule has 4 nitrogen and oxygen atoms in total. The van der Waals surface area contributed by atoms with Gasteiger partial charge in [0.1, 0.15) is 22.8 Å². The fourth-order valence-electron chi connectivity index (χ4n) is 2.48. The Morgan fingerprint density at radius 2 is 1.71 bits per heavy atom. The van der Waals surface area contributed by atoms with Gasteiger partial charge in [-0.25, -0.2) is 9.98 Å². The average Bonchev–Trinajstić information content (AvgIpc) is 3.33. The maximum absolute atomic E-state index is 5.90. The molecule has 0 bridgehead atoms. The van der Waals surface area contributed by atoms with Gasteiger partial charge >= 0.3 is 0 Å². The highest BCUT2D eigenvalue weighted by Gasteiger charge is 2.36. The van der Waals surface area contributed by atoms with Crippen LogP contribution in [-0.4, -0.2) is 11.4 Å². The van der Waals surface area contributed by atoms with Crippen LogP contribution in [0.3, 0.4) is 0 Å². The lowest BCUT2D eigenvalue weighted by Gasteiger charge is -2.11. The molecule has 0 saturated heterocycles. The van der Waals surface area contributed by atoms with Gasteiger partial charge in [0, 0.05) is 11.2 Å². The van der Waals surface area contributed by atoms with E-state index >= 15 is 0 Å². The molecule has 0 radical (unpaired) electrons. The summed E-state index contributed by atoms with van der Waals surface area (Å²) in [4.78, 5) is 9.21. The highest BCUT2D eigenvalue weighted by molar-refractivity contribution is 8.14. The van der Waals surface area contributed by atoms with E-state index in [9.17, 15) is 0 Å². The first-order valence-corrected chi connectivity index (χ1v) is 8.66. The average molecular weight is 357 g/mol. The Kier molecular flexibility index (Phi) is 4.28. The van der Waals surface area contributed by atoms with Crippen molar-refractivity contribution in [2.45, 2.75) is 11.3 Å². The van der Waals surface area contributed by atoms with Gasteiger partial charge in [0.2, 0.25) is 0 Å². The lowest BCUT2D eigenvalue weighted by Crippen LogP contribution is -1.99. The molecular weight excluding hydrogens is 344 g/mol. The fourth-order valence-corrected chi connectivity index (χ4v) is 3.69. The molecule has 0 aliphatic carbocycles. The van der Waals surface area contributed by atoms with Crippen molar-refractivity contribution >= 4 is 34.7 Å². The molecule has 1 aliphatic rings. The van der Waals surface area contributed by atoms with E-state index in [-0.39, 0.29) is 11.3 Å². The van der Waals surface area contributed by atoms with E-state index in [1.807, 2.05) is 48.5 Å². The van der Waals surface area contributed by atoms with Gasteiger partial charge in [-0.1, -0.05) is 35.5 Å². The summed E-state index contributed by atoms with van der Waals surface area (Å²) >= 11 is 7.47. The second-order valence-corrected chi connectivity index (χ2v) is 6.78. The number of furan rings is 2. The van der Waals surface area contributed by atoms with Gasteiger partial charge in [-0.05, 0) is 42.0 Å². The van der Waals surface area contributed by atoms with Crippen molar-refractivity contribution in [3.05, 3.63) is 83.2 Å². The Labute approximate surface area is 148 Å². The van der Waals surface area contributed by atoms with Crippen LogP contribution in [0.4, 0.5) is 0 Å². The normalized spacial score (nSPS) is 20.6. The third-order valence-corrected chi connectivity index (χ3v) is 5.04. The molecule has 2 atom stereocenters. The zero-order chi connectivity index (χ0) is 16.4. The molecule has 120 valence electrons. The van der Waals surface area contributed by atoms with E-state index in [2.05, 4.69) is 4.99 Å². The van der Waals surface area contributed by atoms with Crippen molar-refractivity contribution in [2.24, 2.45) is 9.98 Å². The minimum atomic E-state index is -0.145. The number of aliphatic imine (C=N–C) groups is 2. The Balaban J connectivity index is 1.59. The summed E-state index contributed by atoms with van der Waals surface area (Å²) in [5.74, 6) is 1.67. The molecule has 1 aliphatic heterocycles. The Morgan fingerprint density at radius 1 is 1.00 bits per heavy atom. The van der Waals surface area contributed by atoms with Crippen LogP contribution in [0.15, 0.2) is 79.9 Å². The molecule has 3 heterocycles. The molecular formula is C18H13ClN2O2S. The first-order chi connectivity index (χ1) is 11.8. The maximum Gasteiger partial charge on any atom is 0.184 e. The van der Waals surface area contributed by atoms with E-state index in [1.54, 1.807) is 30.5 Å². The Bertz CT molecular complexity index is 855. The van der Waals surface area contributed by atoms with Gasteiger partial charge in [0.15, 0.2) is 5.17 Å². The summed E-state index contributed by atoms with van der Waals surface area (Å²) < 4.78 is 11.1. The molecule has 4 rings (SSSR count). The van der Waals surface area contributed by atoms with Crippen LogP contribution in [-0.2, 0) is 0 Å². The zero-order valence-corrected chi connectivity index (χ0v) is 14.1. The number of benzene rings is 1. The Hall–Kier alpha value is -2.24. The van der Waals surface area contributed by atoms with E-state index in [0.29, 0.717) is 10.2 Å². The van der Waals surface area contributed by atoms with Crippen LogP contribution in [0.1, 0.15) is 28.4 Å². The number of hydrogen-bond acceptors (Lipinski definition) is 5. The van der Waals surface area contributed by atoms with Crippen molar-refractivity contribution in [3.8, 4) is 0 Å². The second-order valence-electron chi connectivity index (χ2n) is 5.24. The summed E-state index contributed by atoms with van der Waals surface area (Å²) in [5, 5.41) is 1.42. The van der Waals surface area contributed by atoms with Crippen molar-refractivity contribution in [3.63, 3.8) is 0 Å². The van der Waals surface area contributed by atoms with Gasteiger partial charge in [-0.2, -0.15) is 0 Å². The highest BCUT2D eigenvalue weighted by atomic mass is 35.5. The number of rotatable bonds is 3. The Morgan fingerprint density at radius 3 is 2.38 bits per heavy atom. The third kappa shape index (κ3) is 3.18. The standard InChI is InChI=1S/C18H13ClN2O2S/c19-13-7-5-12(6-8-13)11-20-18-21-16(14-3-1-9-22-14)17(24-18)15-4-2-10-23-15/h1-11,16-17H/t16-,17-/m1/s1. The van der Waals surface area contributed by atoms with Crippen molar-refractivity contribution < 1.29 is 8.83 Å². The van der Waals surface area contributed by atoms with Gasteiger partial charge in [0.05, 0.1) is 12.5 Å². The number of hydrogen-bond donors (Lipinski definition) is 0. The van der Waals surface area contributed by atoms with Gasteiger partial charge in [-0.3, -0.25) is 0 Å². The van der Waals surface area contributed by atoms with Crippen molar-refractivity contribution in [2.75, 3.05) is 0 Å². The van der Waals surface area contributed by atoms with E-state index in [1.165, 1.54) is 0 Å². The predicted octanol–water partition coefficient (Wildman–Crippen LogP) is 5.53. The van der Waals surface area contributed by atoms with Crippen LogP contribution in [0.5, 0.6) is 0 Å². The number of halogens is 1. The molecule has 0 fully saturated rings. The number of amidine groups is 1. The largest absolute Gasteiger partial charge is 0.468 e. The predicted molar refractivity (Wildman–Crippen MR) is 97.0 cm³/mol. The van der Waals surface area contributed by atoms with E-state index < -0.39 is 0 Å². The monoisotopic (exact) mass is 356 g/mol. The van der Waals surface area contributed by atoms with E-state index in [4.69, 9.17) is 25.4 Å². The second kappa shape index (κ2) is 6.71. The fraction of sp³-hybridized carbons (Fsp3) is 0.111. The summed E-state index contributed by atoms with van der Waals surface area (Å²) in [7, 11) is 0. The molecule has 6 heteroatoms. The molecule has 0 spiro atoms. The first-order valence-electron chi connectivity index (χ1n) is 7.40. The smallest absolute Gasteiger partial charge is 0.184 e. The third-order valence-electron chi connectivity index (χ3n) is 3.62. The van der Waals surface area contributed by atoms with Crippen LogP contribution in [0.2, 0.25) is 5.02 Å². The first kappa shape index (κ1) is 15.3. The molecule has 0 N–H and O–H groups in total. The number of nitrogens with zero attached hydrogens (tertiary/aromatic N) is 2. The summed E-state index contributed by atoms with van der Waals surface area (Å²) in [5.41, 5.74) is 0.971. The van der Waals surface area contributed by atoms with Gasteiger partial charge in [0.25, 0.3) is 0 Å². The van der Waals surface area contributed by atoms with Crippen LogP contribution >= 0.6 is 23.4 Å². The summed E-state index contributed by atoms with van der Waals surface area (Å²) in [6.07, 6.45) is 5.11. The minimum absolute atomic E-state index is 0.0171. The molecule has 0 unspecified atom stereocenters. The molecule has 0 amide bonds. The van der Waals surface area contributed by atoms with Crippen molar-refractivity contribution in [1.29, 1.82) is 0 Å². The SMILES string of the molecule is Clc1ccc(C=NC2=N[C@H](c3ccco3)[C@@H](c3ccco3)S2)cc1. The minimum Gasteiger partial charge on any atom is -0.468 e. The molecule has 0 saturated carbocycles. The van der Waals surface area contributed by atoms with Gasteiger partial charge < -0.3 is 8.83 Å². The zero-order valence-electron chi connectivity index (χ0n) is 12.5. The molecule has 3 aromatic rings. The summed E-state index contributed by atoms with van der Waals surface area (Å²) in [6, 6.07) is 15.0. The highest BCUT2D eigenvalue weighted by Crippen LogP contribution is 2.48. The van der Waals surface area contributed by atoms with Crippen LogP contribution in [0, 0.1) is 0 Å². The van der Waals surface area contributed by atoms with E-state index in [0.717, 1.165) is 17.1 Å². The number of thioether (sulfide) groups is 1. The topological polar surface area (TPSA) is 51.0 Å². The molecule has 1 aromatic carbocycles.